The highest BCUT2D eigenvalue weighted by molar-refractivity contribution is 7.98. The Labute approximate surface area is 114 Å². The molecule has 0 bridgehead atoms. The van der Waals surface area contributed by atoms with E-state index in [4.69, 9.17) is 5.11 Å². The molecule has 0 aliphatic carbocycles. The zero-order chi connectivity index (χ0) is 13.8. The largest absolute Gasteiger partial charge is 0.478 e. The fourth-order valence-electron chi connectivity index (χ4n) is 1.60. The number of thioether (sulfide) groups is 1. The molecule has 2 aromatic rings. The number of carboxylic acid groups (broad SMARTS) is 1. The fraction of sp³-hybridized carbons (Fsp3) is 0.143. The van der Waals surface area contributed by atoms with Crippen LogP contribution in [0.4, 0.5) is 4.39 Å². The van der Waals surface area contributed by atoms with Crippen LogP contribution in [0.1, 0.15) is 21.7 Å². The zero-order valence-electron chi connectivity index (χ0n) is 10.3. The summed E-state index contributed by atoms with van der Waals surface area (Å²) in [5.41, 5.74) is 1.54. The summed E-state index contributed by atoms with van der Waals surface area (Å²) < 4.78 is 13.2. The molecule has 1 heterocycles. The smallest absolute Gasteiger partial charge is 0.338 e. The minimum atomic E-state index is -1.26. The van der Waals surface area contributed by atoms with E-state index in [9.17, 15) is 9.18 Å². The SMILES string of the molecule is Cc1cccc(CSc2ccc(F)c(C(=O)O)c2)n1. The molecule has 98 valence electrons. The summed E-state index contributed by atoms with van der Waals surface area (Å²) in [6.07, 6.45) is 0. The summed E-state index contributed by atoms with van der Waals surface area (Å²) in [6.45, 7) is 1.91. The van der Waals surface area contributed by atoms with Crippen molar-refractivity contribution in [1.29, 1.82) is 0 Å². The number of pyridine rings is 1. The van der Waals surface area contributed by atoms with Crippen molar-refractivity contribution in [2.24, 2.45) is 0 Å². The average Bonchev–Trinajstić information content (AvgIpc) is 2.37. The van der Waals surface area contributed by atoms with Crippen LogP contribution in [0.3, 0.4) is 0 Å². The number of benzene rings is 1. The van der Waals surface area contributed by atoms with Gasteiger partial charge in [-0.05, 0) is 37.3 Å². The Kier molecular flexibility index (Phi) is 4.16. The lowest BCUT2D eigenvalue weighted by atomic mass is 10.2. The maximum Gasteiger partial charge on any atom is 0.338 e. The van der Waals surface area contributed by atoms with Crippen LogP contribution in [0, 0.1) is 12.7 Å². The lowest BCUT2D eigenvalue weighted by molar-refractivity contribution is 0.0691. The van der Waals surface area contributed by atoms with Gasteiger partial charge in [-0.15, -0.1) is 11.8 Å². The van der Waals surface area contributed by atoms with Gasteiger partial charge in [0.1, 0.15) is 5.82 Å². The van der Waals surface area contributed by atoms with Gasteiger partial charge in [-0.3, -0.25) is 4.98 Å². The molecular weight excluding hydrogens is 265 g/mol. The van der Waals surface area contributed by atoms with Crippen molar-refractivity contribution in [3.63, 3.8) is 0 Å². The van der Waals surface area contributed by atoms with Crippen molar-refractivity contribution in [3.05, 3.63) is 59.2 Å². The van der Waals surface area contributed by atoms with Crippen molar-refractivity contribution in [1.82, 2.24) is 4.98 Å². The number of aryl methyl sites for hydroxylation is 1. The van der Waals surface area contributed by atoms with Gasteiger partial charge in [-0.1, -0.05) is 6.07 Å². The highest BCUT2D eigenvalue weighted by Gasteiger charge is 2.11. The Morgan fingerprint density at radius 1 is 1.37 bits per heavy atom. The van der Waals surface area contributed by atoms with Crippen LogP contribution in [-0.2, 0) is 5.75 Å². The predicted molar refractivity (Wildman–Crippen MR) is 71.9 cm³/mol. The summed E-state index contributed by atoms with van der Waals surface area (Å²) >= 11 is 1.43. The molecule has 0 spiro atoms. The molecule has 0 amide bonds. The van der Waals surface area contributed by atoms with Gasteiger partial charge in [0.05, 0.1) is 11.3 Å². The van der Waals surface area contributed by atoms with Crippen LogP contribution in [0.2, 0.25) is 0 Å². The van der Waals surface area contributed by atoms with Crippen molar-refractivity contribution < 1.29 is 14.3 Å². The van der Waals surface area contributed by atoms with E-state index in [0.717, 1.165) is 11.4 Å². The number of aromatic nitrogens is 1. The molecule has 0 radical (unpaired) electrons. The van der Waals surface area contributed by atoms with E-state index in [1.54, 1.807) is 6.07 Å². The Bertz CT molecular complexity index is 616. The number of carboxylic acids is 1. The van der Waals surface area contributed by atoms with E-state index in [2.05, 4.69) is 4.98 Å². The van der Waals surface area contributed by atoms with Gasteiger partial charge in [0.2, 0.25) is 0 Å². The van der Waals surface area contributed by atoms with Crippen molar-refractivity contribution >= 4 is 17.7 Å². The number of hydrogen-bond acceptors (Lipinski definition) is 3. The summed E-state index contributed by atoms with van der Waals surface area (Å²) in [7, 11) is 0. The van der Waals surface area contributed by atoms with Crippen molar-refractivity contribution in [2.75, 3.05) is 0 Å². The summed E-state index contributed by atoms with van der Waals surface area (Å²) in [5.74, 6) is -1.36. The molecule has 0 saturated heterocycles. The van der Waals surface area contributed by atoms with Gasteiger partial charge in [0.15, 0.2) is 0 Å². The van der Waals surface area contributed by atoms with Gasteiger partial charge < -0.3 is 5.11 Å². The Morgan fingerprint density at radius 2 is 2.16 bits per heavy atom. The highest BCUT2D eigenvalue weighted by atomic mass is 32.2. The van der Waals surface area contributed by atoms with E-state index in [1.165, 1.54) is 23.9 Å². The molecule has 2 rings (SSSR count). The van der Waals surface area contributed by atoms with Gasteiger partial charge in [0.25, 0.3) is 0 Å². The van der Waals surface area contributed by atoms with Gasteiger partial charge >= 0.3 is 5.97 Å². The Hall–Kier alpha value is -1.88. The number of aromatic carboxylic acids is 1. The summed E-state index contributed by atoms with van der Waals surface area (Å²) in [6, 6.07) is 9.83. The second-order valence-corrected chi connectivity index (χ2v) is 5.05. The van der Waals surface area contributed by atoms with Gasteiger partial charge in [-0.2, -0.15) is 0 Å². The fourth-order valence-corrected chi connectivity index (χ4v) is 2.44. The summed E-state index contributed by atoms with van der Waals surface area (Å²) in [5, 5.41) is 8.85. The Morgan fingerprint density at radius 3 is 2.84 bits per heavy atom. The molecule has 1 aromatic carbocycles. The molecule has 0 aliphatic heterocycles. The minimum absolute atomic E-state index is 0.304. The molecule has 0 atom stereocenters. The number of carbonyl (C=O) groups is 1. The minimum Gasteiger partial charge on any atom is -0.478 e. The average molecular weight is 277 g/mol. The van der Waals surface area contributed by atoms with Gasteiger partial charge in [0, 0.05) is 16.3 Å². The van der Waals surface area contributed by atoms with Gasteiger partial charge in [-0.25, -0.2) is 9.18 Å². The Balaban J connectivity index is 2.12. The first kappa shape index (κ1) is 13.5. The molecule has 0 fully saturated rings. The zero-order valence-corrected chi connectivity index (χ0v) is 11.1. The molecule has 3 nitrogen and oxygen atoms in total. The molecule has 5 heteroatoms. The summed E-state index contributed by atoms with van der Waals surface area (Å²) in [4.78, 5) is 15.9. The first-order chi connectivity index (χ1) is 9.06. The van der Waals surface area contributed by atoms with Crippen molar-refractivity contribution in [3.8, 4) is 0 Å². The predicted octanol–water partition coefficient (Wildman–Crippen LogP) is 3.52. The monoisotopic (exact) mass is 277 g/mol. The second kappa shape index (κ2) is 5.84. The van der Waals surface area contributed by atoms with Crippen LogP contribution in [0.5, 0.6) is 0 Å². The third-order valence-corrected chi connectivity index (χ3v) is 3.53. The van der Waals surface area contributed by atoms with E-state index in [0.29, 0.717) is 10.6 Å². The maximum absolute atomic E-state index is 13.2. The highest BCUT2D eigenvalue weighted by Crippen LogP contribution is 2.24. The van der Waals surface area contributed by atoms with Crippen LogP contribution in [0.25, 0.3) is 0 Å². The van der Waals surface area contributed by atoms with Crippen LogP contribution in [0.15, 0.2) is 41.3 Å². The van der Waals surface area contributed by atoms with Crippen LogP contribution < -0.4 is 0 Å². The molecular formula is C14H12FNO2S. The van der Waals surface area contributed by atoms with Crippen molar-refractivity contribution in [2.45, 2.75) is 17.6 Å². The lowest BCUT2D eigenvalue weighted by Crippen LogP contribution is -2.00. The maximum atomic E-state index is 13.2. The van der Waals surface area contributed by atoms with E-state index in [1.807, 2.05) is 25.1 Å². The molecule has 0 unspecified atom stereocenters. The standard InChI is InChI=1S/C14H12FNO2S/c1-9-3-2-4-10(16-9)8-19-11-5-6-13(15)12(7-11)14(17)18/h2-7H,8H2,1H3,(H,17,18). The third kappa shape index (κ3) is 3.54. The third-order valence-electron chi connectivity index (χ3n) is 2.50. The normalized spacial score (nSPS) is 10.4. The quantitative estimate of drug-likeness (QED) is 0.869. The molecule has 19 heavy (non-hydrogen) atoms. The first-order valence-electron chi connectivity index (χ1n) is 5.64. The topological polar surface area (TPSA) is 50.2 Å². The molecule has 1 N–H and O–H groups in total. The molecule has 0 aliphatic rings. The molecule has 1 aromatic heterocycles. The van der Waals surface area contributed by atoms with E-state index >= 15 is 0 Å². The number of nitrogens with zero attached hydrogens (tertiary/aromatic N) is 1. The molecule has 0 saturated carbocycles. The van der Waals surface area contributed by atoms with E-state index in [-0.39, 0.29) is 5.56 Å². The lowest BCUT2D eigenvalue weighted by Gasteiger charge is -2.04. The van der Waals surface area contributed by atoms with Crippen LogP contribution in [-0.4, -0.2) is 16.1 Å². The number of halogens is 1. The second-order valence-electron chi connectivity index (χ2n) is 4.01. The first-order valence-corrected chi connectivity index (χ1v) is 6.63. The van der Waals surface area contributed by atoms with Crippen LogP contribution >= 0.6 is 11.8 Å². The van der Waals surface area contributed by atoms with E-state index < -0.39 is 11.8 Å². The number of hydrogen-bond donors (Lipinski definition) is 1. The number of rotatable bonds is 4.